The van der Waals surface area contributed by atoms with Gasteiger partial charge < -0.3 is 16.0 Å². The zero-order valence-electron chi connectivity index (χ0n) is 15.8. The van der Waals surface area contributed by atoms with Crippen molar-refractivity contribution < 1.29 is 4.79 Å². The Bertz CT molecular complexity index is 636. The molecule has 1 aromatic carbocycles. The molecular weight excluding hydrogens is 463 g/mol. The molecule has 1 atom stereocenters. The number of amides is 1. The summed E-state index contributed by atoms with van der Waals surface area (Å²) in [6, 6.07) is 7.98. The first-order chi connectivity index (χ1) is 11.8. The van der Waals surface area contributed by atoms with E-state index in [0.29, 0.717) is 12.3 Å². The molecule has 7 heteroatoms. The van der Waals surface area contributed by atoms with Crippen molar-refractivity contribution in [2.24, 2.45) is 16.6 Å². The number of hydrogen-bond donors (Lipinski definition) is 2. The molecule has 0 saturated carbocycles. The maximum Gasteiger partial charge on any atom is 0.217 e. The minimum Gasteiger partial charge on any atom is -0.370 e. The number of hydrogen-bond acceptors (Lipinski definition) is 2. The van der Waals surface area contributed by atoms with Gasteiger partial charge in [0.15, 0.2) is 5.96 Å². The summed E-state index contributed by atoms with van der Waals surface area (Å²) in [5, 5.41) is 4.24. The largest absolute Gasteiger partial charge is 0.370 e. The van der Waals surface area contributed by atoms with Crippen LogP contribution in [0.15, 0.2) is 29.3 Å². The van der Waals surface area contributed by atoms with Crippen LogP contribution < -0.4 is 11.1 Å². The number of likely N-dealkylation sites (tertiary alicyclic amines) is 1. The lowest BCUT2D eigenvalue weighted by molar-refractivity contribution is -0.119. The molecular formula is C19H30ClIN4O. The predicted octanol–water partition coefficient (Wildman–Crippen LogP) is 3.40. The summed E-state index contributed by atoms with van der Waals surface area (Å²) in [4.78, 5) is 17.9. The number of carbonyl (C=O) groups excluding carboxylic acids is 1. The SMILES string of the molecule is CN=C(NCC(C)(C)c1cccc(Cl)c1)N1CCCC(CC(N)=O)C1.I. The van der Waals surface area contributed by atoms with E-state index in [1.807, 2.05) is 18.2 Å². The lowest BCUT2D eigenvalue weighted by Gasteiger charge is -2.36. The Kier molecular flexibility index (Phi) is 9.16. The molecule has 1 amide bonds. The van der Waals surface area contributed by atoms with Gasteiger partial charge in [0.1, 0.15) is 0 Å². The normalized spacial score (nSPS) is 18.2. The highest BCUT2D eigenvalue weighted by Crippen LogP contribution is 2.25. The number of halogens is 2. The number of carbonyl (C=O) groups is 1. The number of aliphatic imine (C=N–C) groups is 1. The van der Waals surface area contributed by atoms with Crippen molar-refractivity contribution in [1.82, 2.24) is 10.2 Å². The fourth-order valence-electron chi connectivity index (χ4n) is 3.35. The van der Waals surface area contributed by atoms with Crippen LogP contribution in [-0.2, 0) is 10.2 Å². The molecule has 0 aromatic heterocycles. The summed E-state index contributed by atoms with van der Waals surface area (Å²) < 4.78 is 0. The van der Waals surface area contributed by atoms with Crippen molar-refractivity contribution in [3.8, 4) is 0 Å². The second kappa shape index (κ2) is 10.3. The summed E-state index contributed by atoms with van der Waals surface area (Å²) in [5.74, 6) is 0.965. The summed E-state index contributed by atoms with van der Waals surface area (Å²) in [6.45, 7) is 6.89. The van der Waals surface area contributed by atoms with Gasteiger partial charge in [0, 0.05) is 43.5 Å². The van der Waals surface area contributed by atoms with E-state index in [0.717, 1.165) is 43.5 Å². The molecule has 1 aromatic rings. The third-order valence-corrected chi connectivity index (χ3v) is 5.05. The first-order valence-electron chi connectivity index (χ1n) is 8.82. The minimum absolute atomic E-state index is 0. The first-order valence-corrected chi connectivity index (χ1v) is 9.19. The minimum atomic E-state index is -0.225. The van der Waals surface area contributed by atoms with Crippen LogP contribution in [0.1, 0.15) is 38.7 Å². The van der Waals surface area contributed by atoms with Crippen LogP contribution in [0.3, 0.4) is 0 Å². The zero-order valence-corrected chi connectivity index (χ0v) is 18.9. The second-order valence-electron chi connectivity index (χ2n) is 7.42. The zero-order chi connectivity index (χ0) is 18.4. The Labute approximate surface area is 178 Å². The molecule has 1 aliphatic heterocycles. The van der Waals surface area contributed by atoms with Gasteiger partial charge in [-0.2, -0.15) is 0 Å². The van der Waals surface area contributed by atoms with Gasteiger partial charge in [-0.15, -0.1) is 24.0 Å². The fraction of sp³-hybridized carbons (Fsp3) is 0.579. The van der Waals surface area contributed by atoms with Gasteiger partial charge in [0.25, 0.3) is 0 Å². The van der Waals surface area contributed by atoms with E-state index in [2.05, 4.69) is 35.1 Å². The topological polar surface area (TPSA) is 70.7 Å². The maximum atomic E-state index is 11.2. The average Bonchev–Trinajstić information content (AvgIpc) is 2.55. The van der Waals surface area contributed by atoms with Gasteiger partial charge in [-0.1, -0.05) is 37.6 Å². The molecule has 1 unspecified atom stereocenters. The molecule has 0 aliphatic carbocycles. The Balaban J connectivity index is 0.00000338. The second-order valence-corrected chi connectivity index (χ2v) is 7.86. The highest BCUT2D eigenvalue weighted by molar-refractivity contribution is 14.0. The molecule has 1 fully saturated rings. The van der Waals surface area contributed by atoms with Gasteiger partial charge in [-0.3, -0.25) is 9.79 Å². The van der Waals surface area contributed by atoms with Gasteiger partial charge in [0.05, 0.1) is 0 Å². The van der Waals surface area contributed by atoms with Crippen molar-refractivity contribution >= 4 is 47.4 Å². The molecule has 146 valence electrons. The van der Waals surface area contributed by atoms with E-state index < -0.39 is 0 Å². The van der Waals surface area contributed by atoms with Crippen molar-refractivity contribution in [3.63, 3.8) is 0 Å². The smallest absolute Gasteiger partial charge is 0.217 e. The third-order valence-electron chi connectivity index (χ3n) is 4.81. The van der Waals surface area contributed by atoms with Crippen molar-refractivity contribution in [2.45, 2.75) is 38.5 Å². The van der Waals surface area contributed by atoms with Crippen LogP contribution in [-0.4, -0.2) is 43.4 Å². The Morgan fingerprint density at radius 1 is 1.46 bits per heavy atom. The Morgan fingerprint density at radius 3 is 2.81 bits per heavy atom. The molecule has 0 radical (unpaired) electrons. The summed E-state index contributed by atoms with van der Waals surface area (Å²) >= 11 is 6.13. The van der Waals surface area contributed by atoms with Crippen molar-refractivity contribution in [2.75, 3.05) is 26.7 Å². The quantitative estimate of drug-likeness (QED) is 0.376. The Morgan fingerprint density at radius 2 is 2.19 bits per heavy atom. The maximum absolute atomic E-state index is 11.2. The van der Waals surface area contributed by atoms with Crippen LogP contribution in [0, 0.1) is 5.92 Å². The lowest BCUT2D eigenvalue weighted by Crippen LogP contribution is -2.49. The van der Waals surface area contributed by atoms with Crippen molar-refractivity contribution in [3.05, 3.63) is 34.9 Å². The number of piperidine rings is 1. The first kappa shape index (κ1) is 23.0. The van der Waals surface area contributed by atoms with Gasteiger partial charge in [-0.25, -0.2) is 0 Å². The molecule has 0 spiro atoms. The third kappa shape index (κ3) is 6.61. The van der Waals surface area contributed by atoms with E-state index in [1.165, 1.54) is 5.56 Å². The number of nitrogens with zero attached hydrogens (tertiary/aromatic N) is 2. The Hall–Kier alpha value is -1.02. The molecule has 26 heavy (non-hydrogen) atoms. The lowest BCUT2D eigenvalue weighted by atomic mass is 9.84. The van der Waals surface area contributed by atoms with E-state index in [1.54, 1.807) is 7.05 Å². The van der Waals surface area contributed by atoms with Crippen LogP contribution in [0.2, 0.25) is 5.02 Å². The number of primary amides is 1. The standard InChI is InChI=1S/C19H29ClN4O.HI/c1-19(2,15-7-4-8-16(20)11-15)13-23-18(22-3)24-9-5-6-14(12-24)10-17(21)25;/h4,7-8,11,14H,5-6,9-10,12-13H2,1-3H3,(H2,21,25)(H,22,23);1H. The van der Waals surface area contributed by atoms with E-state index in [9.17, 15) is 4.79 Å². The molecule has 3 N–H and O–H groups in total. The predicted molar refractivity (Wildman–Crippen MR) is 119 cm³/mol. The van der Waals surface area contributed by atoms with E-state index in [-0.39, 0.29) is 35.3 Å². The van der Waals surface area contributed by atoms with Crippen LogP contribution >= 0.6 is 35.6 Å². The van der Waals surface area contributed by atoms with Crippen LogP contribution in [0.25, 0.3) is 0 Å². The highest BCUT2D eigenvalue weighted by atomic mass is 127. The van der Waals surface area contributed by atoms with Gasteiger partial charge in [-0.05, 0) is 36.5 Å². The van der Waals surface area contributed by atoms with Crippen LogP contribution in [0.4, 0.5) is 0 Å². The van der Waals surface area contributed by atoms with E-state index in [4.69, 9.17) is 17.3 Å². The molecule has 5 nitrogen and oxygen atoms in total. The van der Waals surface area contributed by atoms with E-state index >= 15 is 0 Å². The molecule has 1 aliphatic rings. The fourth-order valence-corrected chi connectivity index (χ4v) is 3.54. The average molecular weight is 493 g/mol. The molecule has 1 heterocycles. The van der Waals surface area contributed by atoms with Gasteiger partial charge >= 0.3 is 0 Å². The number of nitrogens with two attached hydrogens (primary N) is 1. The molecule has 2 rings (SSSR count). The number of benzene rings is 1. The number of guanidine groups is 1. The summed E-state index contributed by atoms with van der Waals surface area (Å²) in [5.41, 5.74) is 6.46. The monoisotopic (exact) mass is 492 g/mol. The summed E-state index contributed by atoms with van der Waals surface area (Å²) in [7, 11) is 1.80. The van der Waals surface area contributed by atoms with Crippen LogP contribution in [0.5, 0.6) is 0 Å². The van der Waals surface area contributed by atoms with Gasteiger partial charge in [0.2, 0.25) is 5.91 Å². The number of nitrogens with one attached hydrogen (secondary N) is 1. The van der Waals surface area contributed by atoms with Crippen molar-refractivity contribution in [1.29, 1.82) is 0 Å². The number of rotatable bonds is 5. The summed E-state index contributed by atoms with van der Waals surface area (Å²) in [6.07, 6.45) is 2.54. The highest BCUT2D eigenvalue weighted by Gasteiger charge is 2.26. The molecule has 0 bridgehead atoms. The molecule has 1 saturated heterocycles.